The summed E-state index contributed by atoms with van der Waals surface area (Å²) in [5.74, 6) is -1.32. The molecule has 1 amide bonds. The lowest BCUT2D eigenvalue weighted by molar-refractivity contribution is -0.896. The SMILES string of the molecule is C[N+]1(CC2C=C(C(=O)O)N3C(=O)C(N)[C@H]3S2)CCCC1. The predicted octanol–water partition coefficient (Wildman–Crippen LogP) is -0.194. The molecule has 0 aromatic rings. The van der Waals surface area contributed by atoms with E-state index in [1.807, 2.05) is 0 Å². The number of quaternary nitrogens is 1. The first-order valence-electron chi connectivity index (χ1n) is 6.94. The van der Waals surface area contributed by atoms with E-state index in [-0.39, 0.29) is 22.2 Å². The van der Waals surface area contributed by atoms with Crippen molar-refractivity contribution in [1.29, 1.82) is 0 Å². The second-order valence-electron chi connectivity index (χ2n) is 6.11. The van der Waals surface area contributed by atoms with Crippen LogP contribution in [0.3, 0.4) is 0 Å². The third-order valence-electron chi connectivity index (χ3n) is 4.49. The van der Waals surface area contributed by atoms with E-state index >= 15 is 0 Å². The van der Waals surface area contributed by atoms with Gasteiger partial charge in [0, 0.05) is 12.8 Å². The van der Waals surface area contributed by atoms with E-state index in [1.165, 1.54) is 17.7 Å². The number of rotatable bonds is 3. The maximum Gasteiger partial charge on any atom is 0.352 e. The van der Waals surface area contributed by atoms with Crippen LogP contribution in [0.1, 0.15) is 12.8 Å². The molecular weight excluding hydrogens is 278 g/mol. The molecule has 7 heteroatoms. The van der Waals surface area contributed by atoms with Crippen molar-refractivity contribution in [2.24, 2.45) is 5.73 Å². The van der Waals surface area contributed by atoms with Crippen LogP contribution in [-0.2, 0) is 9.59 Å². The van der Waals surface area contributed by atoms with Crippen molar-refractivity contribution < 1.29 is 19.2 Å². The summed E-state index contributed by atoms with van der Waals surface area (Å²) in [6.45, 7) is 3.20. The van der Waals surface area contributed by atoms with Gasteiger partial charge in [-0.3, -0.25) is 9.69 Å². The van der Waals surface area contributed by atoms with E-state index in [2.05, 4.69) is 7.05 Å². The molecule has 6 nitrogen and oxygen atoms in total. The van der Waals surface area contributed by atoms with Gasteiger partial charge in [0.25, 0.3) is 0 Å². The number of carbonyl (C=O) groups is 2. The average molecular weight is 298 g/mol. The Hall–Kier alpha value is -1.05. The number of amides is 1. The molecule has 20 heavy (non-hydrogen) atoms. The normalized spacial score (nSPS) is 35.3. The Bertz CT molecular complexity index is 487. The first kappa shape index (κ1) is 13.9. The molecule has 2 saturated heterocycles. The van der Waals surface area contributed by atoms with Crippen LogP contribution in [0.4, 0.5) is 0 Å². The van der Waals surface area contributed by atoms with E-state index in [4.69, 9.17) is 5.73 Å². The smallest absolute Gasteiger partial charge is 0.352 e. The fourth-order valence-corrected chi connectivity index (χ4v) is 4.98. The van der Waals surface area contributed by atoms with Crippen molar-refractivity contribution in [2.75, 3.05) is 26.7 Å². The van der Waals surface area contributed by atoms with Gasteiger partial charge in [-0.05, 0) is 6.08 Å². The van der Waals surface area contributed by atoms with Gasteiger partial charge in [0.15, 0.2) is 0 Å². The van der Waals surface area contributed by atoms with E-state index in [0.717, 1.165) is 24.1 Å². The quantitative estimate of drug-likeness (QED) is 0.557. The van der Waals surface area contributed by atoms with Crippen molar-refractivity contribution in [2.45, 2.75) is 29.5 Å². The number of thioether (sulfide) groups is 1. The first-order chi connectivity index (χ1) is 9.41. The van der Waals surface area contributed by atoms with Crippen LogP contribution < -0.4 is 5.73 Å². The molecule has 3 rings (SSSR count). The standard InChI is InChI=1S/C13H19N3O3S/c1-16(4-2-3-5-16)7-8-6-9(13(18)19)15-11(17)10(14)12(15)20-8/h6,8,10,12H,2-5,7,14H2,1H3/p+1/t8?,10?,12-/m1/s1. The zero-order chi connectivity index (χ0) is 14.5. The summed E-state index contributed by atoms with van der Waals surface area (Å²) >= 11 is 1.62. The number of hydrogen-bond acceptors (Lipinski definition) is 4. The first-order valence-corrected chi connectivity index (χ1v) is 7.88. The lowest BCUT2D eigenvalue weighted by atomic mass is 10.1. The number of nitrogens with zero attached hydrogens (tertiary/aromatic N) is 2. The molecule has 0 radical (unpaired) electrons. The second kappa shape index (κ2) is 4.75. The molecule has 0 bridgehead atoms. The van der Waals surface area contributed by atoms with Crippen LogP contribution in [0.5, 0.6) is 0 Å². The Morgan fingerprint density at radius 2 is 2.20 bits per heavy atom. The van der Waals surface area contributed by atoms with Gasteiger partial charge < -0.3 is 15.3 Å². The number of hydrogen-bond donors (Lipinski definition) is 2. The molecule has 3 atom stereocenters. The van der Waals surface area contributed by atoms with Crippen molar-refractivity contribution in [3.63, 3.8) is 0 Å². The highest BCUT2D eigenvalue weighted by atomic mass is 32.2. The highest BCUT2D eigenvalue weighted by Gasteiger charge is 2.52. The Morgan fingerprint density at radius 3 is 2.80 bits per heavy atom. The van der Waals surface area contributed by atoms with Crippen LogP contribution >= 0.6 is 11.8 Å². The van der Waals surface area contributed by atoms with E-state index < -0.39 is 12.0 Å². The molecule has 0 aliphatic carbocycles. The molecule has 0 saturated carbocycles. The second-order valence-corrected chi connectivity index (χ2v) is 7.47. The van der Waals surface area contributed by atoms with Crippen LogP contribution in [0.15, 0.2) is 11.8 Å². The van der Waals surface area contributed by atoms with Crippen LogP contribution in [-0.4, -0.2) is 69.7 Å². The zero-order valence-electron chi connectivity index (χ0n) is 11.5. The van der Waals surface area contributed by atoms with Crippen molar-refractivity contribution in [1.82, 2.24) is 4.90 Å². The monoisotopic (exact) mass is 298 g/mol. The highest BCUT2D eigenvalue weighted by Crippen LogP contribution is 2.41. The molecule has 0 aromatic carbocycles. The number of β-lactam (4-membered cyclic amide) rings is 1. The van der Waals surface area contributed by atoms with E-state index in [1.54, 1.807) is 17.8 Å². The number of likely N-dealkylation sites (tertiary alicyclic amines) is 1. The van der Waals surface area contributed by atoms with Crippen molar-refractivity contribution >= 4 is 23.6 Å². The molecule has 2 unspecified atom stereocenters. The minimum atomic E-state index is -1.04. The van der Waals surface area contributed by atoms with E-state index in [9.17, 15) is 14.7 Å². The van der Waals surface area contributed by atoms with Crippen molar-refractivity contribution in [3.8, 4) is 0 Å². The fourth-order valence-electron chi connectivity index (χ4n) is 3.35. The minimum Gasteiger partial charge on any atom is -0.477 e. The van der Waals surface area contributed by atoms with Gasteiger partial charge in [0.05, 0.1) is 31.9 Å². The lowest BCUT2D eigenvalue weighted by Crippen LogP contribution is -2.69. The maximum absolute atomic E-state index is 11.7. The Morgan fingerprint density at radius 1 is 1.55 bits per heavy atom. The zero-order valence-corrected chi connectivity index (χ0v) is 12.3. The highest BCUT2D eigenvalue weighted by molar-refractivity contribution is 8.00. The van der Waals surface area contributed by atoms with Gasteiger partial charge in [-0.25, -0.2) is 4.79 Å². The van der Waals surface area contributed by atoms with Gasteiger partial charge in [-0.1, -0.05) is 0 Å². The molecule has 0 aromatic heterocycles. The van der Waals surface area contributed by atoms with Crippen LogP contribution in [0.2, 0.25) is 0 Å². The fraction of sp³-hybridized carbons (Fsp3) is 0.692. The van der Waals surface area contributed by atoms with Crippen molar-refractivity contribution in [3.05, 3.63) is 11.8 Å². The van der Waals surface area contributed by atoms with Gasteiger partial charge >= 0.3 is 5.97 Å². The number of aliphatic carboxylic acids is 1. The lowest BCUT2D eigenvalue weighted by Gasteiger charge is -2.49. The largest absolute Gasteiger partial charge is 0.477 e. The number of carbonyl (C=O) groups excluding carboxylic acids is 1. The van der Waals surface area contributed by atoms with Crippen LogP contribution in [0.25, 0.3) is 0 Å². The molecule has 3 heterocycles. The molecule has 2 fully saturated rings. The Labute approximate surface area is 122 Å². The topological polar surface area (TPSA) is 83.6 Å². The van der Waals surface area contributed by atoms with Gasteiger partial charge in [0.2, 0.25) is 5.91 Å². The maximum atomic E-state index is 11.7. The molecule has 0 spiro atoms. The summed E-state index contributed by atoms with van der Waals surface area (Å²) in [5, 5.41) is 9.19. The molecular formula is C13H20N3O3S+. The molecule has 3 aliphatic heterocycles. The van der Waals surface area contributed by atoms with Gasteiger partial charge in [-0.2, -0.15) is 0 Å². The van der Waals surface area contributed by atoms with Crippen LogP contribution in [0, 0.1) is 0 Å². The minimum absolute atomic E-state index is 0.108. The molecule has 3 aliphatic rings. The summed E-state index contributed by atoms with van der Waals surface area (Å²) in [4.78, 5) is 24.4. The number of carboxylic acids is 1. The summed E-state index contributed by atoms with van der Waals surface area (Å²) < 4.78 is 0.983. The Kier molecular flexibility index (Phi) is 3.30. The van der Waals surface area contributed by atoms with Gasteiger partial charge in [-0.15, -0.1) is 11.8 Å². The third-order valence-corrected chi connectivity index (χ3v) is 5.91. The molecule has 3 N–H and O–H groups in total. The summed E-state index contributed by atoms with van der Waals surface area (Å²) in [6.07, 6.45) is 4.20. The summed E-state index contributed by atoms with van der Waals surface area (Å²) in [6, 6.07) is -0.561. The summed E-state index contributed by atoms with van der Waals surface area (Å²) in [7, 11) is 2.22. The third kappa shape index (κ3) is 2.13. The summed E-state index contributed by atoms with van der Waals surface area (Å²) in [5.41, 5.74) is 5.91. The molecule has 110 valence electrons. The Balaban J connectivity index is 1.80. The number of nitrogens with two attached hydrogens (primary N) is 1. The van der Waals surface area contributed by atoms with Gasteiger partial charge in [0.1, 0.15) is 17.1 Å². The predicted molar refractivity (Wildman–Crippen MR) is 75.7 cm³/mol. The number of carboxylic acid groups (broad SMARTS) is 1. The van der Waals surface area contributed by atoms with E-state index in [0.29, 0.717) is 0 Å². The average Bonchev–Trinajstić information content (AvgIpc) is 2.83. The number of fused-ring (bicyclic) bond motifs is 1.